The molecule has 2 nitrogen and oxygen atoms in total. The zero-order chi connectivity index (χ0) is 10.7. The van der Waals surface area contributed by atoms with E-state index >= 15 is 0 Å². The standard InChI is InChI=1S/C12H18N2S/c1-3-15-12-4-5-13-11(6-12)9-14-7-10(2)8-14/h4-6,10H,3,7-9H2,1-2H3. The maximum atomic E-state index is 4.41. The lowest BCUT2D eigenvalue weighted by molar-refractivity contribution is 0.103. The first-order valence-electron chi connectivity index (χ1n) is 5.58. The predicted molar refractivity (Wildman–Crippen MR) is 65.1 cm³/mol. The van der Waals surface area contributed by atoms with Crippen molar-refractivity contribution >= 4 is 11.8 Å². The lowest BCUT2D eigenvalue weighted by Gasteiger charge is -2.36. The van der Waals surface area contributed by atoms with Crippen molar-refractivity contribution in [2.24, 2.45) is 5.92 Å². The zero-order valence-corrected chi connectivity index (χ0v) is 10.3. The summed E-state index contributed by atoms with van der Waals surface area (Å²) in [7, 11) is 0. The number of thioether (sulfide) groups is 1. The number of aromatic nitrogens is 1. The van der Waals surface area contributed by atoms with Gasteiger partial charge in [-0.1, -0.05) is 13.8 Å². The van der Waals surface area contributed by atoms with E-state index in [2.05, 4.69) is 35.9 Å². The molecule has 1 aromatic rings. The molecule has 0 N–H and O–H groups in total. The molecule has 1 aromatic heterocycles. The van der Waals surface area contributed by atoms with Crippen LogP contribution in [0.1, 0.15) is 19.5 Å². The number of hydrogen-bond donors (Lipinski definition) is 0. The predicted octanol–water partition coefficient (Wildman–Crippen LogP) is 2.65. The molecule has 15 heavy (non-hydrogen) atoms. The van der Waals surface area contributed by atoms with Crippen molar-refractivity contribution in [1.82, 2.24) is 9.88 Å². The lowest BCUT2D eigenvalue weighted by Crippen LogP contribution is -2.44. The molecule has 2 heterocycles. The molecule has 1 aliphatic rings. The van der Waals surface area contributed by atoms with Crippen LogP contribution in [0.2, 0.25) is 0 Å². The van der Waals surface area contributed by atoms with Crippen LogP contribution in [0.5, 0.6) is 0 Å². The first kappa shape index (κ1) is 11.0. The van der Waals surface area contributed by atoms with Crippen LogP contribution >= 0.6 is 11.8 Å². The number of nitrogens with zero attached hydrogens (tertiary/aromatic N) is 2. The van der Waals surface area contributed by atoms with Gasteiger partial charge in [0.15, 0.2) is 0 Å². The third-order valence-corrected chi connectivity index (χ3v) is 3.50. The van der Waals surface area contributed by atoms with Gasteiger partial charge in [-0.3, -0.25) is 9.88 Å². The molecule has 2 rings (SSSR count). The highest BCUT2D eigenvalue weighted by Crippen LogP contribution is 2.20. The van der Waals surface area contributed by atoms with Crippen LogP contribution in [0.15, 0.2) is 23.2 Å². The van der Waals surface area contributed by atoms with Crippen LogP contribution in [-0.4, -0.2) is 28.7 Å². The highest BCUT2D eigenvalue weighted by molar-refractivity contribution is 7.99. The Labute approximate surface area is 96.1 Å². The number of rotatable bonds is 4. The van der Waals surface area contributed by atoms with Gasteiger partial charge in [0.2, 0.25) is 0 Å². The topological polar surface area (TPSA) is 16.1 Å². The fourth-order valence-electron chi connectivity index (χ4n) is 1.99. The van der Waals surface area contributed by atoms with Crippen LogP contribution < -0.4 is 0 Å². The monoisotopic (exact) mass is 222 g/mol. The Hall–Kier alpha value is -0.540. The van der Waals surface area contributed by atoms with Crippen molar-refractivity contribution in [3.8, 4) is 0 Å². The van der Waals surface area contributed by atoms with Gasteiger partial charge in [-0.15, -0.1) is 11.8 Å². The summed E-state index contributed by atoms with van der Waals surface area (Å²) >= 11 is 1.88. The summed E-state index contributed by atoms with van der Waals surface area (Å²) in [6, 6.07) is 4.31. The van der Waals surface area contributed by atoms with Gasteiger partial charge in [-0.2, -0.15) is 0 Å². The number of pyridine rings is 1. The van der Waals surface area contributed by atoms with Crippen molar-refractivity contribution in [1.29, 1.82) is 0 Å². The highest BCUT2D eigenvalue weighted by Gasteiger charge is 2.22. The summed E-state index contributed by atoms with van der Waals surface area (Å²) in [5.74, 6) is 2.00. The molecule has 0 aliphatic carbocycles. The third kappa shape index (κ3) is 2.95. The third-order valence-electron chi connectivity index (χ3n) is 2.62. The zero-order valence-electron chi connectivity index (χ0n) is 9.44. The molecular weight excluding hydrogens is 204 g/mol. The molecule has 1 aliphatic heterocycles. The van der Waals surface area contributed by atoms with Crippen molar-refractivity contribution in [3.05, 3.63) is 24.0 Å². The minimum Gasteiger partial charge on any atom is -0.297 e. The van der Waals surface area contributed by atoms with Gasteiger partial charge in [0.25, 0.3) is 0 Å². The maximum absolute atomic E-state index is 4.41. The van der Waals surface area contributed by atoms with Crippen LogP contribution in [0.3, 0.4) is 0 Å². The summed E-state index contributed by atoms with van der Waals surface area (Å²) in [6.45, 7) is 7.96. The molecular formula is C12H18N2S. The summed E-state index contributed by atoms with van der Waals surface area (Å²) in [5, 5.41) is 0. The van der Waals surface area contributed by atoms with Gasteiger partial charge < -0.3 is 0 Å². The van der Waals surface area contributed by atoms with Gasteiger partial charge in [-0.25, -0.2) is 0 Å². The average Bonchev–Trinajstić information content (AvgIpc) is 2.17. The molecule has 0 radical (unpaired) electrons. The summed E-state index contributed by atoms with van der Waals surface area (Å²) < 4.78 is 0. The molecule has 3 heteroatoms. The smallest absolute Gasteiger partial charge is 0.0555 e. The van der Waals surface area contributed by atoms with E-state index in [-0.39, 0.29) is 0 Å². The van der Waals surface area contributed by atoms with Crippen molar-refractivity contribution < 1.29 is 0 Å². The van der Waals surface area contributed by atoms with E-state index in [1.54, 1.807) is 0 Å². The second-order valence-corrected chi connectivity index (χ2v) is 5.55. The molecule has 0 spiro atoms. The van der Waals surface area contributed by atoms with Gasteiger partial charge in [0, 0.05) is 30.7 Å². The highest BCUT2D eigenvalue weighted by atomic mass is 32.2. The Bertz CT molecular complexity index is 321. The van der Waals surface area contributed by atoms with E-state index in [0.717, 1.165) is 18.2 Å². The quantitative estimate of drug-likeness (QED) is 0.729. The second kappa shape index (κ2) is 4.99. The number of likely N-dealkylation sites (tertiary alicyclic amines) is 1. The normalized spacial score (nSPS) is 17.7. The first-order chi connectivity index (χ1) is 7.28. The molecule has 82 valence electrons. The van der Waals surface area contributed by atoms with Crippen LogP contribution in [0, 0.1) is 5.92 Å². The minimum absolute atomic E-state index is 0.873. The van der Waals surface area contributed by atoms with Crippen LogP contribution in [0.4, 0.5) is 0 Å². The van der Waals surface area contributed by atoms with E-state index in [9.17, 15) is 0 Å². The lowest BCUT2D eigenvalue weighted by atomic mass is 10.0. The fraction of sp³-hybridized carbons (Fsp3) is 0.583. The Kier molecular flexibility index (Phi) is 3.65. The molecule has 0 amide bonds. The maximum Gasteiger partial charge on any atom is 0.0555 e. The van der Waals surface area contributed by atoms with Gasteiger partial charge >= 0.3 is 0 Å². The molecule has 0 unspecified atom stereocenters. The van der Waals surface area contributed by atoms with E-state index in [1.165, 1.54) is 23.7 Å². The fourth-order valence-corrected chi connectivity index (χ4v) is 2.70. The van der Waals surface area contributed by atoms with Gasteiger partial charge in [0.1, 0.15) is 0 Å². The summed E-state index contributed by atoms with van der Waals surface area (Å²) in [4.78, 5) is 8.21. The van der Waals surface area contributed by atoms with E-state index in [0.29, 0.717) is 0 Å². The van der Waals surface area contributed by atoms with Crippen molar-refractivity contribution in [2.45, 2.75) is 25.3 Å². The number of hydrogen-bond acceptors (Lipinski definition) is 3. The molecule has 0 saturated carbocycles. The SMILES string of the molecule is CCSc1ccnc(CN2CC(C)C2)c1. The second-order valence-electron chi connectivity index (χ2n) is 4.22. The molecule has 0 atom stereocenters. The van der Waals surface area contributed by atoms with E-state index < -0.39 is 0 Å². The Morgan fingerprint density at radius 2 is 2.33 bits per heavy atom. The molecule has 1 saturated heterocycles. The summed E-state index contributed by atoms with van der Waals surface area (Å²) in [6.07, 6.45) is 1.93. The Morgan fingerprint density at radius 3 is 3.00 bits per heavy atom. The van der Waals surface area contributed by atoms with Crippen LogP contribution in [0.25, 0.3) is 0 Å². The average molecular weight is 222 g/mol. The Morgan fingerprint density at radius 1 is 1.53 bits per heavy atom. The molecule has 1 fully saturated rings. The van der Waals surface area contributed by atoms with Crippen LogP contribution in [-0.2, 0) is 6.54 Å². The summed E-state index contributed by atoms with van der Waals surface area (Å²) in [5.41, 5.74) is 1.21. The largest absolute Gasteiger partial charge is 0.297 e. The molecule has 0 aromatic carbocycles. The van der Waals surface area contributed by atoms with Gasteiger partial charge in [0.05, 0.1) is 5.69 Å². The van der Waals surface area contributed by atoms with Crippen molar-refractivity contribution in [2.75, 3.05) is 18.8 Å². The Balaban J connectivity index is 1.93. The van der Waals surface area contributed by atoms with E-state index in [1.807, 2.05) is 18.0 Å². The molecule has 0 bridgehead atoms. The first-order valence-corrected chi connectivity index (χ1v) is 6.56. The van der Waals surface area contributed by atoms with Gasteiger partial charge in [-0.05, 0) is 23.8 Å². The van der Waals surface area contributed by atoms with E-state index in [4.69, 9.17) is 0 Å². The van der Waals surface area contributed by atoms with Crippen molar-refractivity contribution in [3.63, 3.8) is 0 Å². The minimum atomic E-state index is 0.873.